The molecule has 2 aromatic rings. The summed E-state index contributed by atoms with van der Waals surface area (Å²) in [5.41, 5.74) is 1.87. The molecule has 0 radical (unpaired) electrons. The molecule has 0 unspecified atom stereocenters. The molecule has 2 aromatic heterocycles. The largest absolute Gasteiger partial charge is 0.462 e. The van der Waals surface area contributed by atoms with E-state index in [1.54, 1.807) is 17.5 Å². The van der Waals surface area contributed by atoms with Gasteiger partial charge >= 0.3 is 5.97 Å². The number of carbonyl (C=O) groups is 1. The third-order valence-corrected chi connectivity index (χ3v) is 3.79. The van der Waals surface area contributed by atoms with Crippen molar-refractivity contribution < 1.29 is 9.53 Å². The molecule has 4 heteroatoms. The van der Waals surface area contributed by atoms with Crippen LogP contribution in [-0.2, 0) is 11.2 Å². The van der Waals surface area contributed by atoms with Crippen LogP contribution in [0.4, 0.5) is 0 Å². The predicted molar refractivity (Wildman–Crippen MR) is 76.6 cm³/mol. The fraction of sp³-hybridized carbons (Fsp3) is 0.333. The summed E-state index contributed by atoms with van der Waals surface area (Å²) in [6, 6.07) is 5.84. The van der Waals surface area contributed by atoms with Crippen molar-refractivity contribution in [2.24, 2.45) is 0 Å². The number of ether oxygens (including phenoxy) is 1. The van der Waals surface area contributed by atoms with Crippen LogP contribution in [0, 0.1) is 13.8 Å². The highest BCUT2D eigenvalue weighted by molar-refractivity contribution is 7.12. The van der Waals surface area contributed by atoms with E-state index in [9.17, 15) is 4.79 Å². The number of thiophene rings is 1. The van der Waals surface area contributed by atoms with E-state index in [1.807, 2.05) is 38.2 Å². The van der Waals surface area contributed by atoms with Crippen molar-refractivity contribution in [3.63, 3.8) is 0 Å². The highest BCUT2D eigenvalue weighted by Gasteiger charge is 2.12. The lowest BCUT2D eigenvalue weighted by molar-refractivity contribution is 0.0500. The molecule has 0 amide bonds. The zero-order valence-electron chi connectivity index (χ0n) is 11.2. The highest BCUT2D eigenvalue weighted by Crippen LogP contribution is 2.21. The molecule has 0 aliphatic heterocycles. The van der Waals surface area contributed by atoms with Crippen molar-refractivity contribution in [1.82, 2.24) is 4.98 Å². The highest BCUT2D eigenvalue weighted by atomic mass is 32.1. The SMILES string of the molecule is Cc1cc(C(=O)OCCCc2cccnc2)c(C)s1. The van der Waals surface area contributed by atoms with Gasteiger partial charge in [0.1, 0.15) is 0 Å². The Morgan fingerprint density at radius 3 is 2.89 bits per heavy atom. The van der Waals surface area contributed by atoms with Gasteiger partial charge in [-0.25, -0.2) is 4.79 Å². The summed E-state index contributed by atoms with van der Waals surface area (Å²) in [6.45, 7) is 4.39. The average Bonchev–Trinajstić information content (AvgIpc) is 2.75. The van der Waals surface area contributed by atoms with Crippen LogP contribution in [0.25, 0.3) is 0 Å². The quantitative estimate of drug-likeness (QED) is 0.619. The Hall–Kier alpha value is -1.68. The van der Waals surface area contributed by atoms with E-state index in [1.165, 1.54) is 5.56 Å². The maximum atomic E-state index is 11.9. The lowest BCUT2D eigenvalue weighted by Gasteiger charge is -2.04. The summed E-state index contributed by atoms with van der Waals surface area (Å²) in [5.74, 6) is -0.215. The van der Waals surface area contributed by atoms with Gasteiger partial charge in [0.25, 0.3) is 0 Å². The first-order valence-electron chi connectivity index (χ1n) is 6.30. The van der Waals surface area contributed by atoms with Gasteiger partial charge in [-0.1, -0.05) is 6.07 Å². The Balaban J connectivity index is 1.77. The van der Waals surface area contributed by atoms with Crippen LogP contribution in [0.3, 0.4) is 0 Å². The number of carbonyl (C=O) groups excluding carboxylic acids is 1. The van der Waals surface area contributed by atoms with Crippen LogP contribution in [-0.4, -0.2) is 17.6 Å². The zero-order chi connectivity index (χ0) is 13.7. The lowest BCUT2D eigenvalue weighted by atomic mass is 10.2. The van der Waals surface area contributed by atoms with E-state index in [0.29, 0.717) is 12.2 Å². The predicted octanol–water partition coefficient (Wildman–Crippen LogP) is 3.55. The van der Waals surface area contributed by atoms with Crippen molar-refractivity contribution in [3.8, 4) is 0 Å². The van der Waals surface area contributed by atoms with Crippen molar-refractivity contribution in [3.05, 3.63) is 51.5 Å². The first kappa shape index (κ1) is 13.7. The van der Waals surface area contributed by atoms with Gasteiger partial charge in [0.15, 0.2) is 0 Å². The van der Waals surface area contributed by atoms with Crippen molar-refractivity contribution in [1.29, 1.82) is 0 Å². The summed E-state index contributed by atoms with van der Waals surface area (Å²) in [5, 5.41) is 0. The van der Waals surface area contributed by atoms with E-state index in [-0.39, 0.29) is 5.97 Å². The molecule has 19 heavy (non-hydrogen) atoms. The molecule has 100 valence electrons. The van der Waals surface area contributed by atoms with Crippen molar-refractivity contribution in [2.75, 3.05) is 6.61 Å². The summed E-state index contributed by atoms with van der Waals surface area (Å²) < 4.78 is 5.29. The second-order valence-electron chi connectivity index (χ2n) is 4.43. The van der Waals surface area contributed by atoms with Crippen LogP contribution in [0.2, 0.25) is 0 Å². The van der Waals surface area contributed by atoms with Crippen LogP contribution in [0.1, 0.15) is 32.1 Å². The maximum Gasteiger partial charge on any atom is 0.339 e. The average molecular weight is 275 g/mol. The van der Waals surface area contributed by atoms with Gasteiger partial charge in [0, 0.05) is 22.1 Å². The first-order chi connectivity index (χ1) is 9.16. The molecule has 2 heterocycles. The number of hydrogen-bond acceptors (Lipinski definition) is 4. The molecule has 0 aromatic carbocycles. The Kier molecular flexibility index (Phi) is 4.68. The number of hydrogen-bond donors (Lipinski definition) is 0. The fourth-order valence-electron chi connectivity index (χ4n) is 1.90. The Morgan fingerprint density at radius 2 is 2.26 bits per heavy atom. The first-order valence-corrected chi connectivity index (χ1v) is 7.11. The molecule has 0 atom stereocenters. The molecule has 0 spiro atoms. The summed E-state index contributed by atoms with van der Waals surface area (Å²) in [4.78, 5) is 18.1. The monoisotopic (exact) mass is 275 g/mol. The molecular formula is C15H17NO2S. The zero-order valence-corrected chi connectivity index (χ0v) is 12.0. The minimum atomic E-state index is -0.215. The van der Waals surface area contributed by atoms with E-state index in [0.717, 1.165) is 22.6 Å². The maximum absolute atomic E-state index is 11.9. The number of nitrogens with zero attached hydrogens (tertiary/aromatic N) is 1. The van der Waals surface area contributed by atoms with E-state index < -0.39 is 0 Å². The van der Waals surface area contributed by atoms with Gasteiger partial charge in [-0.3, -0.25) is 4.98 Å². The van der Waals surface area contributed by atoms with Gasteiger partial charge in [-0.2, -0.15) is 0 Å². The van der Waals surface area contributed by atoms with Crippen molar-refractivity contribution in [2.45, 2.75) is 26.7 Å². The minimum Gasteiger partial charge on any atom is -0.462 e. The Bertz CT molecular complexity index is 549. The normalized spacial score (nSPS) is 10.4. The van der Waals surface area contributed by atoms with E-state index in [2.05, 4.69) is 4.98 Å². The molecule has 0 aliphatic carbocycles. The molecule has 0 N–H and O–H groups in total. The molecule has 0 fully saturated rings. The van der Waals surface area contributed by atoms with Gasteiger partial charge in [-0.05, 0) is 44.4 Å². The molecule has 2 rings (SSSR count). The second kappa shape index (κ2) is 6.48. The van der Waals surface area contributed by atoms with Gasteiger partial charge in [-0.15, -0.1) is 11.3 Å². The lowest BCUT2D eigenvalue weighted by Crippen LogP contribution is -2.07. The minimum absolute atomic E-state index is 0.215. The number of aryl methyl sites for hydroxylation is 3. The van der Waals surface area contributed by atoms with Crippen LogP contribution in [0.5, 0.6) is 0 Å². The molecule has 0 saturated heterocycles. The number of esters is 1. The van der Waals surface area contributed by atoms with E-state index in [4.69, 9.17) is 4.74 Å². The summed E-state index contributed by atoms with van der Waals surface area (Å²) in [6.07, 6.45) is 5.29. The third kappa shape index (κ3) is 3.89. The summed E-state index contributed by atoms with van der Waals surface area (Å²) in [7, 11) is 0. The van der Waals surface area contributed by atoms with Crippen LogP contribution in [0.15, 0.2) is 30.6 Å². The molecule has 0 bridgehead atoms. The smallest absolute Gasteiger partial charge is 0.339 e. The van der Waals surface area contributed by atoms with Gasteiger partial charge in [0.2, 0.25) is 0 Å². The number of pyridine rings is 1. The molecule has 0 saturated carbocycles. The van der Waals surface area contributed by atoms with Gasteiger partial charge < -0.3 is 4.74 Å². The molecular weight excluding hydrogens is 258 g/mol. The van der Waals surface area contributed by atoms with Crippen LogP contribution < -0.4 is 0 Å². The molecule has 0 aliphatic rings. The van der Waals surface area contributed by atoms with Gasteiger partial charge in [0.05, 0.1) is 12.2 Å². The standard InChI is InChI=1S/C15H17NO2S/c1-11-9-14(12(2)19-11)15(17)18-8-4-6-13-5-3-7-16-10-13/h3,5,7,9-10H,4,6,8H2,1-2H3. The topological polar surface area (TPSA) is 39.2 Å². The molecule has 3 nitrogen and oxygen atoms in total. The number of rotatable bonds is 5. The summed E-state index contributed by atoms with van der Waals surface area (Å²) >= 11 is 1.62. The fourth-order valence-corrected chi connectivity index (χ4v) is 2.81. The van der Waals surface area contributed by atoms with Crippen molar-refractivity contribution >= 4 is 17.3 Å². The number of aromatic nitrogens is 1. The Labute approximate surface area is 117 Å². The third-order valence-electron chi connectivity index (χ3n) is 2.83. The van der Waals surface area contributed by atoms with E-state index >= 15 is 0 Å². The second-order valence-corrected chi connectivity index (χ2v) is 5.89. The van der Waals surface area contributed by atoms with Crippen LogP contribution >= 0.6 is 11.3 Å². The Morgan fingerprint density at radius 1 is 1.42 bits per heavy atom.